The van der Waals surface area contributed by atoms with Crippen LogP contribution >= 0.6 is 34.8 Å². The molecular weight excluding hydrogens is 381 g/mol. The van der Waals surface area contributed by atoms with Gasteiger partial charge in [-0.15, -0.1) is 0 Å². The molecule has 0 spiro atoms. The van der Waals surface area contributed by atoms with Gasteiger partial charge in [-0.2, -0.15) is 0 Å². The van der Waals surface area contributed by atoms with Crippen LogP contribution in [0.4, 0.5) is 8.78 Å². The molecule has 0 saturated heterocycles. The van der Waals surface area contributed by atoms with E-state index in [1.165, 1.54) is 11.7 Å². The van der Waals surface area contributed by atoms with Crippen LogP contribution in [0.1, 0.15) is 0 Å². The SMILES string of the molecule is COc1cc(F)cc(F)c1-c1c(Cl)nc(Cl)n1-c1ccc(Cl)cc1. The lowest BCUT2D eigenvalue weighted by atomic mass is 10.1. The van der Waals surface area contributed by atoms with Crippen molar-refractivity contribution in [2.24, 2.45) is 0 Å². The van der Waals surface area contributed by atoms with E-state index in [1.54, 1.807) is 24.3 Å². The Hall–Kier alpha value is -1.82. The van der Waals surface area contributed by atoms with Crippen molar-refractivity contribution >= 4 is 34.8 Å². The Morgan fingerprint density at radius 1 is 1.04 bits per heavy atom. The first-order chi connectivity index (χ1) is 11.4. The third-order valence-corrected chi connectivity index (χ3v) is 4.12. The zero-order valence-electron chi connectivity index (χ0n) is 12.2. The van der Waals surface area contributed by atoms with Crippen LogP contribution in [0.15, 0.2) is 36.4 Å². The summed E-state index contributed by atoms with van der Waals surface area (Å²) in [4.78, 5) is 3.97. The maximum Gasteiger partial charge on any atom is 0.209 e. The second-order valence-electron chi connectivity index (χ2n) is 4.80. The first kappa shape index (κ1) is 17.0. The third-order valence-electron chi connectivity index (χ3n) is 3.35. The highest BCUT2D eigenvalue weighted by atomic mass is 35.5. The summed E-state index contributed by atoms with van der Waals surface area (Å²) in [5, 5.41) is 0.495. The molecular formula is C16H9Cl3F2N2O. The first-order valence-electron chi connectivity index (χ1n) is 6.65. The van der Waals surface area contributed by atoms with Gasteiger partial charge in [-0.3, -0.25) is 4.57 Å². The van der Waals surface area contributed by atoms with Crippen LogP contribution in [0.3, 0.4) is 0 Å². The quantitative estimate of drug-likeness (QED) is 0.567. The molecule has 0 saturated carbocycles. The Morgan fingerprint density at radius 3 is 2.33 bits per heavy atom. The highest BCUT2D eigenvalue weighted by molar-refractivity contribution is 6.35. The van der Waals surface area contributed by atoms with Gasteiger partial charge in [0.2, 0.25) is 5.28 Å². The molecule has 0 fully saturated rings. The molecule has 124 valence electrons. The molecule has 8 heteroatoms. The van der Waals surface area contributed by atoms with Gasteiger partial charge in [0.1, 0.15) is 17.4 Å². The summed E-state index contributed by atoms with van der Waals surface area (Å²) in [6, 6.07) is 8.42. The Kier molecular flexibility index (Phi) is 4.67. The van der Waals surface area contributed by atoms with E-state index in [0.29, 0.717) is 10.7 Å². The normalized spacial score (nSPS) is 10.9. The molecule has 3 aromatic rings. The van der Waals surface area contributed by atoms with E-state index in [4.69, 9.17) is 39.5 Å². The molecule has 1 heterocycles. The Balaban J connectivity index is 2.33. The van der Waals surface area contributed by atoms with Crippen LogP contribution in [0, 0.1) is 11.6 Å². The molecule has 0 atom stereocenters. The maximum atomic E-state index is 14.4. The number of methoxy groups -OCH3 is 1. The van der Waals surface area contributed by atoms with Crippen molar-refractivity contribution in [1.82, 2.24) is 9.55 Å². The number of halogens is 5. The van der Waals surface area contributed by atoms with Crippen LogP contribution in [-0.4, -0.2) is 16.7 Å². The van der Waals surface area contributed by atoms with Crippen LogP contribution in [0.2, 0.25) is 15.5 Å². The van der Waals surface area contributed by atoms with E-state index < -0.39 is 11.6 Å². The van der Waals surface area contributed by atoms with Crippen LogP contribution in [0.5, 0.6) is 5.75 Å². The Bertz CT molecular complexity index is 911. The number of rotatable bonds is 3. The number of imidazole rings is 1. The summed E-state index contributed by atoms with van der Waals surface area (Å²) < 4.78 is 34.4. The molecule has 0 amide bonds. The smallest absolute Gasteiger partial charge is 0.209 e. The summed E-state index contributed by atoms with van der Waals surface area (Å²) in [6.45, 7) is 0. The Labute approximate surface area is 151 Å². The molecule has 2 aromatic carbocycles. The molecule has 3 nitrogen and oxygen atoms in total. The van der Waals surface area contributed by atoms with Crippen LogP contribution < -0.4 is 4.74 Å². The topological polar surface area (TPSA) is 27.1 Å². The zero-order valence-corrected chi connectivity index (χ0v) is 14.4. The minimum absolute atomic E-state index is 0.0168. The van der Waals surface area contributed by atoms with Gasteiger partial charge >= 0.3 is 0 Å². The van der Waals surface area contributed by atoms with Crippen molar-refractivity contribution in [2.75, 3.05) is 7.11 Å². The fourth-order valence-corrected chi connectivity index (χ4v) is 3.04. The molecule has 0 radical (unpaired) electrons. The fourth-order valence-electron chi connectivity index (χ4n) is 2.35. The molecule has 0 aliphatic heterocycles. The van der Waals surface area contributed by atoms with Crippen molar-refractivity contribution in [3.63, 3.8) is 0 Å². The van der Waals surface area contributed by atoms with Crippen molar-refractivity contribution < 1.29 is 13.5 Å². The molecule has 0 unspecified atom stereocenters. The molecule has 24 heavy (non-hydrogen) atoms. The number of nitrogens with zero attached hydrogens (tertiary/aromatic N) is 2. The van der Waals surface area contributed by atoms with Gasteiger partial charge in [-0.05, 0) is 35.9 Å². The maximum absolute atomic E-state index is 14.4. The highest BCUT2D eigenvalue weighted by Crippen LogP contribution is 2.40. The number of ether oxygens (including phenoxy) is 1. The molecule has 0 aliphatic carbocycles. The highest BCUT2D eigenvalue weighted by Gasteiger charge is 2.24. The zero-order chi connectivity index (χ0) is 17.4. The van der Waals surface area contributed by atoms with Crippen molar-refractivity contribution in [2.45, 2.75) is 0 Å². The summed E-state index contributed by atoms with van der Waals surface area (Å²) in [6.07, 6.45) is 0. The van der Waals surface area contributed by atoms with Gasteiger partial charge in [0, 0.05) is 22.8 Å². The van der Waals surface area contributed by atoms with Crippen LogP contribution in [-0.2, 0) is 0 Å². The monoisotopic (exact) mass is 388 g/mol. The summed E-state index contributed by atoms with van der Waals surface area (Å²) in [7, 11) is 1.30. The minimum Gasteiger partial charge on any atom is -0.496 e. The molecule has 0 bridgehead atoms. The largest absolute Gasteiger partial charge is 0.496 e. The molecule has 0 N–H and O–H groups in total. The summed E-state index contributed by atoms with van der Waals surface area (Å²) >= 11 is 18.2. The predicted octanol–water partition coefficient (Wildman–Crippen LogP) is 5.79. The van der Waals surface area contributed by atoms with E-state index in [2.05, 4.69) is 4.98 Å². The number of aromatic nitrogens is 2. The fraction of sp³-hybridized carbons (Fsp3) is 0.0625. The number of hydrogen-bond donors (Lipinski definition) is 0. The average Bonchev–Trinajstić information content (AvgIpc) is 2.81. The molecule has 3 rings (SSSR count). The lowest BCUT2D eigenvalue weighted by molar-refractivity contribution is 0.408. The standard InChI is InChI=1S/C16H9Cl3F2N2O/c1-24-12-7-9(20)6-11(21)13(12)14-15(18)22-16(19)23(14)10-4-2-8(17)3-5-10/h2-7H,1H3. The lowest BCUT2D eigenvalue weighted by Gasteiger charge is -2.14. The van der Waals surface area contributed by atoms with Crippen molar-refractivity contribution in [1.29, 1.82) is 0 Å². The van der Waals surface area contributed by atoms with E-state index in [0.717, 1.165) is 12.1 Å². The van der Waals surface area contributed by atoms with Gasteiger partial charge in [0.05, 0.1) is 18.4 Å². The van der Waals surface area contributed by atoms with E-state index >= 15 is 0 Å². The van der Waals surface area contributed by atoms with E-state index in [9.17, 15) is 8.78 Å². The summed E-state index contributed by atoms with van der Waals surface area (Å²) in [5.41, 5.74) is 0.668. The van der Waals surface area contributed by atoms with E-state index in [1.807, 2.05) is 0 Å². The molecule has 0 aliphatic rings. The Morgan fingerprint density at radius 2 is 1.71 bits per heavy atom. The second kappa shape index (κ2) is 6.59. The summed E-state index contributed by atoms with van der Waals surface area (Å²) in [5.74, 6) is -1.64. The number of benzene rings is 2. The third kappa shape index (κ3) is 2.95. The van der Waals surface area contributed by atoms with Gasteiger partial charge in [-0.1, -0.05) is 23.2 Å². The van der Waals surface area contributed by atoms with E-state index in [-0.39, 0.29) is 27.4 Å². The van der Waals surface area contributed by atoms with Gasteiger partial charge in [-0.25, -0.2) is 13.8 Å². The lowest BCUT2D eigenvalue weighted by Crippen LogP contribution is -2.01. The van der Waals surface area contributed by atoms with Crippen molar-refractivity contribution in [3.05, 3.63) is 63.5 Å². The van der Waals surface area contributed by atoms with Gasteiger partial charge in [0.15, 0.2) is 5.15 Å². The van der Waals surface area contributed by atoms with Gasteiger partial charge < -0.3 is 4.74 Å². The van der Waals surface area contributed by atoms with Gasteiger partial charge in [0.25, 0.3) is 0 Å². The number of hydrogen-bond acceptors (Lipinski definition) is 2. The first-order valence-corrected chi connectivity index (χ1v) is 7.79. The second-order valence-corrected chi connectivity index (χ2v) is 5.93. The molecule has 1 aromatic heterocycles. The van der Waals surface area contributed by atoms with Crippen molar-refractivity contribution in [3.8, 4) is 22.7 Å². The van der Waals surface area contributed by atoms with Crippen LogP contribution in [0.25, 0.3) is 16.9 Å². The average molecular weight is 390 g/mol. The minimum atomic E-state index is -0.847. The predicted molar refractivity (Wildman–Crippen MR) is 90.5 cm³/mol.